The minimum atomic E-state index is -0.330. The van der Waals surface area contributed by atoms with Crippen LogP contribution in [0.5, 0.6) is 0 Å². The summed E-state index contributed by atoms with van der Waals surface area (Å²) in [5, 5.41) is 3.01. The van der Waals surface area contributed by atoms with Gasteiger partial charge in [-0.15, -0.1) is 0 Å². The maximum absolute atomic E-state index is 12.6. The molecule has 1 aromatic carbocycles. The molecule has 0 aliphatic rings. The number of carbonyl (C=O) groups excluding carboxylic acids is 1. The van der Waals surface area contributed by atoms with Crippen molar-refractivity contribution in [3.8, 4) is 0 Å². The van der Waals surface area contributed by atoms with Crippen LogP contribution in [0.3, 0.4) is 0 Å². The molecule has 1 N–H and O–H groups in total. The molecular weight excluding hydrogens is 302 g/mol. The average molecular weight is 327 g/mol. The summed E-state index contributed by atoms with van der Waals surface area (Å²) < 4.78 is 1.49. The van der Waals surface area contributed by atoms with E-state index in [0.717, 1.165) is 24.2 Å². The summed E-state index contributed by atoms with van der Waals surface area (Å²) in [7, 11) is 5.67. The quantitative estimate of drug-likeness (QED) is 0.884. The van der Waals surface area contributed by atoms with Gasteiger partial charge in [-0.3, -0.25) is 9.59 Å². The summed E-state index contributed by atoms with van der Waals surface area (Å²) in [6, 6.07) is 13.1. The Morgan fingerprint density at radius 3 is 2.46 bits per heavy atom. The number of nitrogens with one attached hydrogen (secondary N) is 1. The van der Waals surface area contributed by atoms with Gasteiger partial charge in [0.25, 0.3) is 11.5 Å². The Bertz CT molecular complexity index is 751. The maximum Gasteiger partial charge on any atom is 0.263 e. The van der Waals surface area contributed by atoms with Gasteiger partial charge in [0.2, 0.25) is 0 Å². The van der Waals surface area contributed by atoms with Crippen molar-refractivity contribution < 1.29 is 4.79 Å². The summed E-state index contributed by atoms with van der Waals surface area (Å²) in [6.45, 7) is 2.68. The van der Waals surface area contributed by atoms with Crippen LogP contribution in [0.15, 0.2) is 47.3 Å². The van der Waals surface area contributed by atoms with Gasteiger partial charge in [0, 0.05) is 12.7 Å². The monoisotopic (exact) mass is 327 g/mol. The lowest BCUT2D eigenvalue weighted by molar-refractivity contribution is 0.0930. The second kappa shape index (κ2) is 7.93. The molecule has 0 bridgehead atoms. The van der Waals surface area contributed by atoms with E-state index >= 15 is 0 Å². The van der Waals surface area contributed by atoms with Crippen molar-refractivity contribution in [3.05, 3.63) is 69.6 Å². The molecule has 0 saturated carbocycles. The zero-order valence-corrected chi connectivity index (χ0v) is 14.7. The van der Waals surface area contributed by atoms with E-state index in [0.29, 0.717) is 0 Å². The van der Waals surface area contributed by atoms with Crippen LogP contribution in [0.2, 0.25) is 0 Å². The van der Waals surface area contributed by atoms with Crippen LogP contribution >= 0.6 is 0 Å². The second-order valence-electron chi connectivity index (χ2n) is 6.28. The first-order chi connectivity index (χ1) is 11.4. The predicted octanol–water partition coefficient (Wildman–Crippen LogP) is 2.12. The van der Waals surface area contributed by atoms with E-state index in [1.165, 1.54) is 4.57 Å². The maximum atomic E-state index is 12.6. The molecule has 0 spiro atoms. The van der Waals surface area contributed by atoms with Gasteiger partial charge in [-0.25, -0.2) is 0 Å². The zero-order chi connectivity index (χ0) is 17.7. The lowest BCUT2D eigenvalue weighted by Crippen LogP contribution is -2.36. The first-order valence-electron chi connectivity index (χ1n) is 8.07. The second-order valence-corrected chi connectivity index (χ2v) is 6.28. The molecule has 5 heteroatoms. The molecule has 0 saturated heterocycles. The Morgan fingerprint density at radius 1 is 1.17 bits per heavy atom. The fraction of sp³-hybridized carbons (Fsp3) is 0.368. The van der Waals surface area contributed by atoms with Crippen molar-refractivity contribution >= 4 is 5.91 Å². The average Bonchev–Trinajstić information content (AvgIpc) is 2.57. The highest BCUT2D eigenvalue weighted by Gasteiger charge is 2.18. The molecule has 0 aliphatic heterocycles. The molecule has 2 aromatic rings. The summed E-state index contributed by atoms with van der Waals surface area (Å²) in [5.41, 5.74) is 1.77. The van der Waals surface area contributed by atoms with Crippen LogP contribution in [-0.2, 0) is 7.05 Å². The number of nitrogens with zero attached hydrogens (tertiary/aromatic N) is 2. The molecule has 0 radical (unpaired) electrons. The van der Waals surface area contributed by atoms with Gasteiger partial charge >= 0.3 is 0 Å². The van der Waals surface area contributed by atoms with Crippen molar-refractivity contribution in [2.75, 3.05) is 20.6 Å². The molecule has 5 nitrogen and oxygen atoms in total. The predicted molar refractivity (Wildman–Crippen MR) is 96.2 cm³/mol. The smallest absolute Gasteiger partial charge is 0.263 e. The number of hydrogen-bond acceptors (Lipinski definition) is 3. The van der Waals surface area contributed by atoms with Crippen LogP contribution in [-0.4, -0.2) is 36.0 Å². The van der Waals surface area contributed by atoms with Gasteiger partial charge in [0.05, 0.1) is 6.04 Å². The van der Waals surface area contributed by atoms with Crippen LogP contribution in [0.4, 0.5) is 0 Å². The van der Waals surface area contributed by atoms with Gasteiger partial charge in [-0.05, 0) is 51.7 Å². The molecule has 0 unspecified atom stereocenters. The van der Waals surface area contributed by atoms with E-state index in [2.05, 4.69) is 10.2 Å². The fourth-order valence-electron chi connectivity index (χ4n) is 2.53. The SMILES string of the molecule is Cc1ccc(C(=O)N[C@H](CCN(C)C)c2ccccc2)c(=O)n1C. The van der Waals surface area contributed by atoms with Crippen molar-refractivity contribution in [2.45, 2.75) is 19.4 Å². The Hall–Kier alpha value is -2.40. The number of carbonyl (C=O) groups is 1. The first kappa shape index (κ1) is 17.9. The Morgan fingerprint density at radius 2 is 1.83 bits per heavy atom. The molecule has 128 valence electrons. The standard InChI is InChI=1S/C19H25N3O2/c1-14-10-11-16(19(24)22(14)4)18(23)20-17(12-13-21(2)3)15-8-6-5-7-9-15/h5-11,17H,12-13H2,1-4H3,(H,20,23)/t17-/m1/s1. The molecule has 0 fully saturated rings. The van der Waals surface area contributed by atoms with E-state index in [1.807, 2.05) is 51.4 Å². The molecule has 1 aromatic heterocycles. The molecule has 24 heavy (non-hydrogen) atoms. The number of hydrogen-bond donors (Lipinski definition) is 1. The molecule has 1 atom stereocenters. The van der Waals surface area contributed by atoms with Crippen LogP contribution in [0, 0.1) is 6.92 Å². The Labute approximate surface area is 142 Å². The number of benzene rings is 1. The lowest BCUT2D eigenvalue weighted by atomic mass is 10.0. The highest BCUT2D eigenvalue weighted by atomic mass is 16.2. The van der Waals surface area contributed by atoms with Crippen molar-refractivity contribution in [1.82, 2.24) is 14.8 Å². The van der Waals surface area contributed by atoms with Crippen molar-refractivity contribution in [2.24, 2.45) is 7.05 Å². The highest BCUT2D eigenvalue weighted by Crippen LogP contribution is 2.17. The van der Waals surface area contributed by atoms with Crippen LogP contribution in [0.1, 0.15) is 34.1 Å². The van der Waals surface area contributed by atoms with Gasteiger partial charge < -0.3 is 14.8 Å². The molecule has 1 amide bonds. The molecule has 0 aliphatic carbocycles. The van der Waals surface area contributed by atoms with E-state index in [-0.39, 0.29) is 23.1 Å². The van der Waals surface area contributed by atoms with Gasteiger partial charge in [-0.2, -0.15) is 0 Å². The molecular formula is C19H25N3O2. The number of aromatic nitrogens is 1. The molecule has 2 rings (SSSR count). The largest absolute Gasteiger partial charge is 0.345 e. The third-order valence-electron chi connectivity index (χ3n) is 4.17. The van der Waals surface area contributed by atoms with Crippen molar-refractivity contribution in [3.63, 3.8) is 0 Å². The van der Waals surface area contributed by atoms with E-state index in [1.54, 1.807) is 19.2 Å². The minimum absolute atomic E-state index is 0.132. The number of pyridine rings is 1. The van der Waals surface area contributed by atoms with E-state index in [9.17, 15) is 9.59 Å². The number of aryl methyl sites for hydroxylation is 1. The van der Waals surface area contributed by atoms with Crippen LogP contribution < -0.4 is 10.9 Å². The third kappa shape index (κ3) is 4.32. The lowest BCUT2D eigenvalue weighted by Gasteiger charge is -2.21. The number of rotatable bonds is 6. The van der Waals surface area contributed by atoms with Gasteiger partial charge in [0.1, 0.15) is 5.56 Å². The first-order valence-corrected chi connectivity index (χ1v) is 8.07. The fourth-order valence-corrected chi connectivity index (χ4v) is 2.53. The van der Waals surface area contributed by atoms with Gasteiger partial charge in [-0.1, -0.05) is 30.3 Å². The van der Waals surface area contributed by atoms with Gasteiger partial charge in [0.15, 0.2) is 0 Å². The topological polar surface area (TPSA) is 54.3 Å². The number of amides is 1. The summed E-state index contributed by atoms with van der Waals surface area (Å²) in [6.07, 6.45) is 0.773. The Balaban J connectivity index is 2.24. The normalized spacial score (nSPS) is 12.2. The highest BCUT2D eigenvalue weighted by molar-refractivity contribution is 5.94. The third-order valence-corrected chi connectivity index (χ3v) is 4.17. The summed E-state index contributed by atoms with van der Waals surface area (Å²) in [4.78, 5) is 27.0. The molecule has 1 heterocycles. The Kier molecular flexibility index (Phi) is 5.93. The minimum Gasteiger partial charge on any atom is -0.345 e. The van der Waals surface area contributed by atoms with Crippen LogP contribution in [0.25, 0.3) is 0 Å². The van der Waals surface area contributed by atoms with Crippen molar-refractivity contribution in [1.29, 1.82) is 0 Å². The summed E-state index contributed by atoms with van der Waals surface area (Å²) in [5.74, 6) is -0.330. The zero-order valence-electron chi connectivity index (χ0n) is 14.7. The van der Waals surface area contributed by atoms with E-state index < -0.39 is 0 Å². The summed E-state index contributed by atoms with van der Waals surface area (Å²) >= 11 is 0. The van der Waals surface area contributed by atoms with E-state index in [4.69, 9.17) is 0 Å².